The smallest absolute Gasteiger partial charge is 0.326 e. The van der Waals surface area contributed by atoms with Crippen molar-refractivity contribution in [1.82, 2.24) is 10.6 Å². The molecule has 6 heteroatoms. The number of carbonyl (C=O) groups is 2. The van der Waals surface area contributed by atoms with Crippen molar-refractivity contribution < 1.29 is 19.4 Å². The maximum absolute atomic E-state index is 11.6. The van der Waals surface area contributed by atoms with Crippen molar-refractivity contribution in [2.45, 2.75) is 33.7 Å². The van der Waals surface area contributed by atoms with Crippen LogP contribution in [0.3, 0.4) is 0 Å². The Bertz CT molecular complexity index is 514. The van der Waals surface area contributed by atoms with Gasteiger partial charge in [-0.2, -0.15) is 0 Å². The van der Waals surface area contributed by atoms with Gasteiger partial charge in [0.25, 0.3) is 0 Å². The van der Waals surface area contributed by atoms with Gasteiger partial charge in [-0.3, -0.25) is 0 Å². The number of ether oxygens (including phenoxy) is 1. The Balaban J connectivity index is 2.44. The van der Waals surface area contributed by atoms with Crippen LogP contribution >= 0.6 is 0 Å². The van der Waals surface area contributed by atoms with Crippen molar-refractivity contribution in [3.63, 3.8) is 0 Å². The third-order valence-corrected chi connectivity index (χ3v) is 3.01. The molecule has 0 spiro atoms. The van der Waals surface area contributed by atoms with Crippen molar-refractivity contribution >= 4 is 12.0 Å². The molecule has 6 nitrogen and oxygen atoms in total. The van der Waals surface area contributed by atoms with E-state index >= 15 is 0 Å². The predicted molar refractivity (Wildman–Crippen MR) is 79.3 cm³/mol. The number of carboxylic acids is 1. The summed E-state index contributed by atoms with van der Waals surface area (Å²) >= 11 is 0. The van der Waals surface area contributed by atoms with Crippen LogP contribution in [0.25, 0.3) is 0 Å². The summed E-state index contributed by atoms with van der Waals surface area (Å²) < 4.78 is 5.45. The van der Waals surface area contributed by atoms with Gasteiger partial charge >= 0.3 is 12.0 Å². The summed E-state index contributed by atoms with van der Waals surface area (Å²) in [7, 11) is 0. The molecule has 3 N–H and O–H groups in total. The van der Waals surface area contributed by atoms with E-state index in [2.05, 4.69) is 10.6 Å². The Morgan fingerprint density at radius 2 is 1.95 bits per heavy atom. The molecule has 0 heterocycles. The van der Waals surface area contributed by atoms with Crippen LogP contribution in [0.15, 0.2) is 18.2 Å². The highest BCUT2D eigenvalue weighted by Gasteiger charge is 2.23. The minimum atomic E-state index is -1.06. The zero-order valence-corrected chi connectivity index (χ0v) is 12.8. The lowest BCUT2D eigenvalue weighted by Crippen LogP contribution is -2.49. The Kier molecular flexibility index (Phi) is 6.02. The maximum Gasteiger partial charge on any atom is 0.326 e. The summed E-state index contributed by atoms with van der Waals surface area (Å²) in [4.78, 5) is 22.6. The van der Waals surface area contributed by atoms with Gasteiger partial charge < -0.3 is 20.5 Å². The van der Waals surface area contributed by atoms with Gasteiger partial charge in [0, 0.05) is 0 Å². The largest absolute Gasteiger partial charge is 0.480 e. The van der Waals surface area contributed by atoms with E-state index in [1.54, 1.807) is 13.8 Å². The number of urea groups is 1. The van der Waals surface area contributed by atoms with Gasteiger partial charge in [0.1, 0.15) is 11.8 Å². The molecule has 0 fully saturated rings. The molecule has 1 aromatic carbocycles. The summed E-state index contributed by atoms with van der Waals surface area (Å²) in [6, 6.07) is 4.24. The van der Waals surface area contributed by atoms with Crippen LogP contribution in [-0.2, 0) is 4.79 Å². The zero-order valence-electron chi connectivity index (χ0n) is 12.8. The normalized spacial score (nSPS) is 11.9. The van der Waals surface area contributed by atoms with E-state index in [0.717, 1.165) is 11.1 Å². The van der Waals surface area contributed by atoms with Crippen LogP contribution in [0.4, 0.5) is 4.79 Å². The second-order valence-corrected chi connectivity index (χ2v) is 5.27. The fourth-order valence-corrected chi connectivity index (χ4v) is 1.85. The first kappa shape index (κ1) is 16.8. The molecule has 0 radical (unpaired) electrons. The van der Waals surface area contributed by atoms with E-state index in [1.807, 2.05) is 32.0 Å². The molecule has 2 amide bonds. The first-order valence-electron chi connectivity index (χ1n) is 6.78. The molecular formula is C15H22N2O4. The Morgan fingerprint density at radius 3 is 2.48 bits per heavy atom. The molecule has 0 aliphatic heterocycles. The minimum Gasteiger partial charge on any atom is -0.480 e. The summed E-state index contributed by atoms with van der Waals surface area (Å²) in [6.45, 7) is 7.33. The zero-order chi connectivity index (χ0) is 16.0. The Hall–Kier alpha value is -2.24. The number of benzene rings is 1. The number of hydrogen-bond donors (Lipinski definition) is 3. The highest BCUT2D eigenvalue weighted by molar-refractivity contribution is 5.82. The first-order chi connectivity index (χ1) is 9.81. The van der Waals surface area contributed by atoms with Crippen LogP contribution in [0.5, 0.6) is 5.75 Å². The number of aryl methyl sites for hydroxylation is 2. The molecule has 0 bridgehead atoms. The summed E-state index contributed by atoms with van der Waals surface area (Å²) in [5.74, 6) is -0.580. The van der Waals surface area contributed by atoms with E-state index in [4.69, 9.17) is 9.84 Å². The van der Waals surface area contributed by atoms with Crippen LogP contribution in [0.1, 0.15) is 25.0 Å². The van der Waals surface area contributed by atoms with Crippen LogP contribution in [-0.4, -0.2) is 29.9 Å². The van der Waals surface area contributed by atoms with Crippen molar-refractivity contribution in [2.75, 3.05) is 6.73 Å². The van der Waals surface area contributed by atoms with E-state index in [-0.39, 0.29) is 12.6 Å². The SMILES string of the molecule is Cc1ccc(OCNC(=O)NC(C(=O)O)C(C)C)c(C)c1. The summed E-state index contributed by atoms with van der Waals surface area (Å²) in [5, 5.41) is 13.9. The van der Waals surface area contributed by atoms with Crippen LogP contribution < -0.4 is 15.4 Å². The number of nitrogens with one attached hydrogen (secondary N) is 2. The molecule has 0 saturated carbocycles. The molecule has 116 valence electrons. The number of amides is 2. The van der Waals surface area contributed by atoms with Crippen molar-refractivity contribution in [1.29, 1.82) is 0 Å². The van der Waals surface area contributed by atoms with Gasteiger partial charge in [-0.1, -0.05) is 31.5 Å². The average molecular weight is 294 g/mol. The number of carbonyl (C=O) groups excluding carboxylic acids is 1. The molecule has 21 heavy (non-hydrogen) atoms. The lowest BCUT2D eigenvalue weighted by atomic mass is 10.1. The second kappa shape index (κ2) is 7.52. The van der Waals surface area contributed by atoms with Gasteiger partial charge in [-0.15, -0.1) is 0 Å². The third-order valence-electron chi connectivity index (χ3n) is 3.01. The molecule has 1 unspecified atom stereocenters. The van der Waals surface area contributed by atoms with E-state index in [9.17, 15) is 9.59 Å². The number of carboxylic acid groups (broad SMARTS) is 1. The first-order valence-corrected chi connectivity index (χ1v) is 6.78. The minimum absolute atomic E-state index is 0.0276. The van der Waals surface area contributed by atoms with Gasteiger partial charge in [-0.25, -0.2) is 9.59 Å². The molecule has 0 aliphatic rings. The van der Waals surface area contributed by atoms with Gasteiger partial charge in [0.15, 0.2) is 6.73 Å². The van der Waals surface area contributed by atoms with Gasteiger partial charge in [0.05, 0.1) is 0 Å². The molecule has 1 rings (SSSR count). The molecule has 0 aliphatic carbocycles. The van der Waals surface area contributed by atoms with Crippen molar-refractivity contribution in [2.24, 2.45) is 5.92 Å². The predicted octanol–water partition coefficient (Wildman–Crippen LogP) is 2.05. The Morgan fingerprint density at radius 1 is 1.29 bits per heavy atom. The lowest BCUT2D eigenvalue weighted by molar-refractivity contribution is -0.140. The van der Waals surface area contributed by atoms with Gasteiger partial charge in [0.2, 0.25) is 0 Å². The average Bonchev–Trinajstić information content (AvgIpc) is 2.37. The van der Waals surface area contributed by atoms with Crippen LogP contribution in [0.2, 0.25) is 0 Å². The van der Waals surface area contributed by atoms with Crippen LogP contribution in [0, 0.1) is 19.8 Å². The highest BCUT2D eigenvalue weighted by atomic mass is 16.5. The third kappa shape index (κ3) is 5.33. The van der Waals surface area contributed by atoms with E-state index in [0.29, 0.717) is 5.75 Å². The van der Waals surface area contributed by atoms with Crippen molar-refractivity contribution in [3.8, 4) is 5.75 Å². The fraction of sp³-hybridized carbons (Fsp3) is 0.467. The number of aliphatic carboxylic acids is 1. The maximum atomic E-state index is 11.6. The highest BCUT2D eigenvalue weighted by Crippen LogP contribution is 2.18. The van der Waals surface area contributed by atoms with Gasteiger partial charge in [-0.05, 0) is 31.4 Å². The molecule has 1 aromatic rings. The molecule has 0 saturated heterocycles. The Labute approximate surface area is 124 Å². The molecular weight excluding hydrogens is 272 g/mol. The summed E-state index contributed by atoms with van der Waals surface area (Å²) in [5.41, 5.74) is 2.11. The quantitative estimate of drug-likeness (QED) is 0.701. The molecule has 0 aromatic heterocycles. The topological polar surface area (TPSA) is 87.7 Å². The molecule has 1 atom stereocenters. The summed E-state index contributed by atoms with van der Waals surface area (Å²) in [6.07, 6.45) is 0. The lowest BCUT2D eigenvalue weighted by Gasteiger charge is -2.18. The standard InChI is InChI=1S/C15H22N2O4/c1-9(2)13(14(18)19)17-15(20)16-8-21-12-6-5-10(3)7-11(12)4/h5-7,9,13H,8H2,1-4H3,(H,18,19)(H2,16,17,20). The fourth-order valence-electron chi connectivity index (χ4n) is 1.85. The number of rotatable bonds is 6. The van der Waals surface area contributed by atoms with Crippen molar-refractivity contribution in [3.05, 3.63) is 29.3 Å². The second-order valence-electron chi connectivity index (χ2n) is 5.27. The monoisotopic (exact) mass is 294 g/mol. The van der Waals surface area contributed by atoms with E-state index < -0.39 is 18.0 Å². The van der Waals surface area contributed by atoms with E-state index in [1.165, 1.54) is 0 Å². The number of hydrogen-bond acceptors (Lipinski definition) is 3.